The number of benzene rings is 1. The van der Waals surface area contributed by atoms with Gasteiger partial charge in [0.2, 0.25) is 0 Å². The lowest BCUT2D eigenvalue weighted by Crippen LogP contribution is -2.53. The molecule has 0 aromatic heterocycles. The molecule has 4 heteroatoms. The molecule has 19 heavy (non-hydrogen) atoms. The molecule has 1 aliphatic heterocycles. The molecule has 3 nitrogen and oxygen atoms in total. The van der Waals surface area contributed by atoms with Gasteiger partial charge in [-0.25, -0.2) is 4.39 Å². The van der Waals surface area contributed by atoms with Crippen molar-refractivity contribution < 1.29 is 9.13 Å². The summed E-state index contributed by atoms with van der Waals surface area (Å²) in [5, 5.41) is 0. The Kier molecular flexibility index (Phi) is 4.55. The van der Waals surface area contributed by atoms with E-state index in [0.29, 0.717) is 5.92 Å². The summed E-state index contributed by atoms with van der Waals surface area (Å²) in [7, 11) is 0. The molecule has 0 aliphatic carbocycles. The summed E-state index contributed by atoms with van der Waals surface area (Å²) in [6.07, 6.45) is 2.03. The number of ether oxygens (including phenoxy) is 1. The van der Waals surface area contributed by atoms with Crippen molar-refractivity contribution in [2.24, 2.45) is 11.8 Å². The van der Waals surface area contributed by atoms with Gasteiger partial charge < -0.3 is 4.74 Å². The number of halogens is 1. The summed E-state index contributed by atoms with van der Waals surface area (Å²) in [6.45, 7) is 5.89. The predicted molar refractivity (Wildman–Crippen MR) is 74.1 cm³/mol. The normalized spacial score (nSPS) is 19.4. The quantitative estimate of drug-likeness (QED) is 0.649. The maximum Gasteiger partial charge on any atom is 0.123 e. The molecular formula is C15H23FN2O. The van der Waals surface area contributed by atoms with Crippen LogP contribution in [0.2, 0.25) is 0 Å². The van der Waals surface area contributed by atoms with E-state index in [9.17, 15) is 4.39 Å². The standard InChI is InChI=1S/C15H23FN2O/c1-15(2,12-3-5-13(16)6-4-12)14(18-17)11-7-9-19-10-8-11/h3-6,11,14,18H,7-10,17H2,1-2H3. The third kappa shape index (κ3) is 3.14. The minimum Gasteiger partial charge on any atom is -0.381 e. The van der Waals surface area contributed by atoms with Crippen LogP contribution in [-0.4, -0.2) is 19.3 Å². The van der Waals surface area contributed by atoms with E-state index < -0.39 is 0 Å². The molecule has 1 unspecified atom stereocenters. The van der Waals surface area contributed by atoms with Crippen LogP contribution in [0.3, 0.4) is 0 Å². The van der Waals surface area contributed by atoms with E-state index in [0.717, 1.165) is 31.6 Å². The number of hydrogen-bond donors (Lipinski definition) is 2. The van der Waals surface area contributed by atoms with Gasteiger partial charge in [0.25, 0.3) is 0 Å². The van der Waals surface area contributed by atoms with Crippen molar-refractivity contribution >= 4 is 0 Å². The summed E-state index contributed by atoms with van der Waals surface area (Å²) in [5.74, 6) is 6.07. The summed E-state index contributed by atoms with van der Waals surface area (Å²) in [5.41, 5.74) is 3.93. The lowest BCUT2D eigenvalue weighted by Gasteiger charge is -2.41. The Bertz CT molecular complexity index is 399. The zero-order valence-corrected chi connectivity index (χ0v) is 11.7. The van der Waals surface area contributed by atoms with Crippen molar-refractivity contribution in [3.05, 3.63) is 35.6 Å². The van der Waals surface area contributed by atoms with Gasteiger partial charge in [0.1, 0.15) is 5.82 Å². The molecule has 0 amide bonds. The number of nitrogens with two attached hydrogens (primary N) is 1. The van der Waals surface area contributed by atoms with Gasteiger partial charge in [0.15, 0.2) is 0 Å². The monoisotopic (exact) mass is 266 g/mol. The molecule has 2 rings (SSSR count). The van der Waals surface area contributed by atoms with E-state index in [1.165, 1.54) is 12.1 Å². The van der Waals surface area contributed by atoms with Gasteiger partial charge >= 0.3 is 0 Å². The van der Waals surface area contributed by atoms with E-state index in [2.05, 4.69) is 19.3 Å². The van der Waals surface area contributed by atoms with Crippen LogP contribution >= 0.6 is 0 Å². The zero-order valence-electron chi connectivity index (χ0n) is 11.7. The van der Waals surface area contributed by atoms with Gasteiger partial charge in [-0.3, -0.25) is 11.3 Å². The van der Waals surface area contributed by atoms with Crippen molar-refractivity contribution in [3.63, 3.8) is 0 Å². The summed E-state index contributed by atoms with van der Waals surface area (Å²) in [6, 6.07) is 6.86. The highest BCUT2D eigenvalue weighted by molar-refractivity contribution is 5.26. The number of hydrogen-bond acceptors (Lipinski definition) is 3. The molecular weight excluding hydrogens is 243 g/mol. The Morgan fingerprint density at radius 3 is 2.37 bits per heavy atom. The van der Waals surface area contributed by atoms with E-state index in [4.69, 9.17) is 10.6 Å². The predicted octanol–water partition coefficient (Wildman–Crippen LogP) is 2.36. The highest BCUT2D eigenvalue weighted by Crippen LogP contribution is 2.34. The van der Waals surface area contributed by atoms with Crippen molar-refractivity contribution in [3.8, 4) is 0 Å². The van der Waals surface area contributed by atoms with Gasteiger partial charge in [-0.2, -0.15) is 0 Å². The van der Waals surface area contributed by atoms with E-state index in [-0.39, 0.29) is 17.3 Å². The molecule has 106 valence electrons. The maximum atomic E-state index is 13.1. The molecule has 1 aliphatic rings. The number of hydrazine groups is 1. The van der Waals surface area contributed by atoms with Crippen LogP contribution in [0.15, 0.2) is 24.3 Å². The van der Waals surface area contributed by atoms with Gasteiger partial charge in [-0.1, -0.05) is 26.0 Å². The van der Waals surface area contributed by atoms with Crippen molar-refractivity contribution in [2.45, 2.75) is 38.1 Å². The summed E-state index contributed by atoms with van der Waals surface area (Å²) < 4.78 is 18.5. The minimum atomic E-state index is -0.206. The maximum absolute atomic E-state index is 13.1. The van der Waals surface area contributed by atoms with Crippen LogP contribution in [0, 0.1) is 11.7 Å². The average molecular weight is 266 g/mol. The molecule has 0 spiro atoms. The molecule has 0 bridgehead atoms. The second-order valence-corrected chi connectivity index (χ2v) is 5.82. The van der Waals surface area contributed by atoms with Gasteiger partial charge in [0.05, 0.1) is 0 Å². The van der Waals surface area contributed by atoms with E-state index in [1.54, 1.807) is 0 Å². The molecule has 1 aromatic rings. The van der Waals surface area contributed by atoms with Crippen molar-refractivity contribution in [1.29, 1.82) is 0 Å². The SMILES string of the molecule is CC(C)(c1ccc(F)cc1)C(NN)C1CCOCC1. The molecule has 3 N–H and O–H groups in total. The molecule has 1 fully saturated rings. The number of nitrogens with one attached hydrogen (secondary N) is 1. The van der Waals surface area contributed by atoms with Crippen LogP contribution < -0.4 is 11.3 Å². The van der Waals surface area contributed by atoms with Crippen molar-refractivity contribution in [1.82, 2.24) is 5.43 Å². The molecule has 1 heterocycles. The Balaban J connectivity index is 2.21. The first-order valence-electron chi connectivity index (χ1n) is 6.85. The molecule has 0 radical (unpaired) electrons. The fourth-order valence-corrected chi connectivity index (χ4v) is 3.04. The molecule has 1 atom stereocenters. The second kappa shape index (κ2) is 5.99. The average Bonchev–Trinajstić information content (AvgIpc) is 2.41. The highest BCUT2D eigenvalue weighted by Gasteiger charge is 2.36. The molecule has 1 saturated heterocycles. The van der Waals surface area contributed by atoms with Crippen molar-refractivity contribution in [2.75, 3.05) is 13.2 Å². The second-order valence-electron chi connectivity index (χ2n) is 5.82. The first kappa shape index (κ1) is 14.4. The van der Waals surface area contributed by atoms with Gasteiger partial charge in [-0.15, -0.1) is 0 Å². The topological polar surface area (TPSA) is 47.3 Å². The fraction of sp³-hybridized carbons (Fsp3) is 0.600. The smallest absolute Gasteiger partial charge is 0.123 e. The summed E-state index contributed by atoms with van der Waals surface area (Å²) >= 11 is 0. The first-order valence-corrected chi connectivity index (χ1v) is 6.85. The third-order valence-electron chi connectivity index (χ3n) is 4.28. The van der Waals surface area contributed by atoms with Crippen LogP contribution in [-0.2, 0) is 10.2 Å². The minimum absolute atomic E-state index is 0.148. The first-order chi connectivity index (χ1) is 9.05. The molecule has 0 saturated carbocycles. The van der Waals surface area contributed by atoms with Crippen LogP contribution in [0.4, 0.5) is 4.39 Å². The van der Waals surface area contributed by atoms with Gasteiger partial charge in [0, 0.05) is 24.7 Å². The van der Waals surface area contributed by atoms with Gasteiger partial charge in [-0.05, 0) is 36.5 Å². The lowest BCUT2D eigenvalue weighted by molar-refractivity contribution is 0.0429. The fourth-order valence-electron chi connectivity index (χ4n) is 3.04. The Hall–Kier alpha value is -0.970. The Morgan fingerprint density at radius 2 is 1.84 bits per heavy atom. The zero-order chi connectivity index (χ0) is 13.9. The summed E-state index contributed by atoms with van der Waals surface area (Å²) in [4.78, 5) is 0. The number of rotatable bonds is 4. The Labute approximate surface area is 114 Å². The third-order valence-corrected chi connectivity index (χ3v) is 4.28. The lowest BCUT2D eigenvalue weighted by atomic mass is 9.71. The largest absolute Gasteiger partial charge is 0.381 e. The van der Waals surface area contributed by atoms with E-state index in [1.807, 2.05) is 12.1 Å². The van der Waals surface area contributed by atoms with Crippen LogP contribution in [0.25, 0.3) is 0 Å². The molecule has 1 aromatic carbocycles. The van der Waals surface area contributed by atoms with Crippen LogP contribution in [0.1, 0.15) is 32.3 Å². The van der Waals surface area contributed by atoms with Crippen LogP contribution in [0.5, 0.6) is 0 Å². The van der Waals surface area contributed by atoms with E-state index >= 15 is 0 Å². The Morgan fingerprint density at radius 1 is 1.26 bits per heavy atom. The highest BCUT2D eigenvalue weighted by atomic mass is 19.1.